The Morgan fingerprint density at radius 2 is 1.58 bits per heavy atom. The Hall–Kier alpha value is -2.35. The number of nitrogens with zero attached hydrogens (tertiary/aromatic N) is 1. The fourth-order valence-electron chi connectivity index (χ4n) is 4.13. The highest BCUT2D eigenvalue weighted by molar-refractivity contribution is 7.89. The third-order valence-electron chi connectivity index (χ3n) is 6.06. The third-order valence-corrected chi connectivity index (χ3v) is 8.31. The van der Waals surface area contributed by atoms with Crippen LogP contribution in [0.4, 0.5) is 0 Å². The van der Waals surface area contributed by atoms with Crippen molar-refractivity contribution in [1.82, 2.24) is 4.31 Å². The lowest BCUT2D eigenvalue weighted by Gasteiger charge is -2.29. The van der Waals surface area contributed by atoms with Crippen LogP contribution in [-0.4, -0.2) is 44.9 Å². The van der Waals surface area contributed by atoms with Crippen molar-refractivity contribution >= 4 is 10.0 Å². The lowest BCUT2D eigenvalue weighted by Crippen LogP contribution is -2.39. The minimum Gasteiger partial charge on any atom is -0.497 e. The van der Waals surface area contributed by atoms with E-state index < -0.39 is 15.3 Å². The molecule has 1 heterocycles. The van der Waals surface area contributed by atoms with Gasteiger partial charge >= 0.3 is 0 Å². The first-order chi connectivity index (χ1) is 16.0. The number of rotatable bonds is 13. The first-order valence-corrected chi connectivity index (χ1v) is 12.9. The smallest absolute Gasteiger partial charge is 0.217 e. The normalized spacial score (nSPS) is 17.1. The van der Waals surface area contributed by atoms with Gasteiger partial charge < -0.3 is 14.2 Å². The van der Waals surface area contributed by atoms with Crippen molar-refractivity contribution in [2.24, 2.45) is 0 Å². The van der Waals surface area contributed by atoms with E-state index in [-0.39, 0.29) is 19.2 Å². The van der Waals surface area contributed by atoms with Crippen molar-refractivity contribution in [3.8, 4) is 11.5 Å². The molecule has 0 bridgehead atoms. The topological polar surface area (TPSA) is 65.1 Å². The summed E-state index contributed by atoms with van der Waals surface area (Å²) in [5.41, 5.74) is 1.82. The monoisotopic (exact) mass is 473 g/mol. The SMILES string of the molecule is C=CCC[C@H](C[C@H]1CCCO1)S(=O)(=O)N(Cc1ccc(OC)cc1)Cc1ccc(OC)cc1. The van der Waals surface area contributed by atoms with Crippen LogP contribution >= 0.6 is 0 Å². The largest absolute Gasteiger partial charge is 0.497 e. The summed E-state index contributed by atoms with van der Waals surface area (Å²) >= 11 is 0. The number of sulfonamides is 1. The summed E-state index contributed by atoms with van der Waals surface area (Å²) in [6.45, 7) is 5.08. The van der Waals surface area contributed by atoms with Crippen LogP contribution in [0, 0.1) is 0 Å². The van der Waals surface area contributed by atoms with Gasteiger partial charge in [0.15, 0.2) is 0 Å². The second-order valence-corrected chi connectivity index (χ2v) is 10.6. The van der Waals surface area contributed by atoms with Crippen LogP contribution in [-0.2, 0) is 27.8 Å². The zero-order valence-electron chi connectivity index (χ0n) is 19.6. The summed E-state index contributed by atoms with van der Waals surface area (Å²) in [7, 11) is -0.376. The Kier molecular flexibility index (Phi) is 9.35. The maximum Gasteiger partial charge on any atom is 0.217 e. The first-order valence-electron chi connectivity index (χ1n) is 11.4. The molecule has 7 heteroatoms. The minimum atomic E-state index is -3.61. The predicted octanol–water partition coefficient (Wildman–Crippen LogP) is 4.94. The molecule has 0 aromatic heterocycles. The standard InChI is InChI=1S/C26H35NO5S/c1-4-5-8-26(18-25-7-6-17-32-25)33(28,29)27(19-21-9-13-23(30-2)14-10-21)20-22-11-15-24(31-3)16-12-22/h4,9-16,25-26H,1,5-8,17-20H2,2-3H3/t25-,26-/m1/s1. The van der Waals surface area contributed by atoms with Gasteiger partial charge in [-0.2, -0.15) is 4.31 Å². The summed E-state index contributed by atoms with van der Waals surface area (Å²) in [4.78, 5) is 0. The third kappa shape index (κ3) is 7.06. The molecule has 0 unspecified atom stereocenters. The maximum absolute atomic E-state index is 14.0. The molecule has 180 valence electrons. The molecule has 6 nitrogen and oxygen atoms in total. The van der Waals surface area contributed by atoms with Crippen molar-refractivity contribution in [3.05, 3.63) is 72.3 Å². The second-order valence-electron chi connectivity index (χ2n) is 8.37. The Bertz CT molecular complexity index is 917. The summed E-state index contributed by atoms with van der Waals surface area (Å²) in [6, 6.07) is 15.1. The Morgan fingerprint density at radius 1 is 1.03 bits per heavy atom. The number of allylic oxidation sites excluding steroid dienone is 1. The number of ether oxygens (including phenoxy) is 3. The lowest BCUT2D eigenvalue weighted by atomic mass is 10.1. The summed E-state index contributed by atoms with van der Waals surface area (Å²) < 4.78 is 45.8. The number of benzene rings is 2. The van der Waals surface area contributed by atoms with E-state index >= 15 is 0 Å². The molecule has 33 heavy (non-hydrogen) atoms. The molecule has 1 fully saturated rings. The maximum atomic E-state index is 14.0. The highest BCUT2D eigenvalue weighted by atomic mass is 32.2. The van der Waals surface area contributed by atoms with Crippen molar-refractivity contribution in [2.45, 2.75) is 56.5 Å². The molecule has 1 aliphatic rings. The van der Waals surface area contributed by atoms with Gasteiger partial charge in [-0.15, -0.1) is 6.58 Å². The van der Waals surface area contributed by atoms with Crippen LogP contribution in [0.25, 0.3) is 0 Å². The van der Waals surface area contributed by atoms with Gasteiger partial charge in [0, 0.05) is 19.7 Å². The average Bonchev–Trinajstić information content (AvgIpc) is 3.35. The van der Waals surface area contributed by atoms with Gasteiger partial charge in [-0.05, 0) is 67.5 Å². The van der Waals surface area contributed by atoms with Gasteiger partial charge in [0.25, 0.3) is 0 Å². The lowest BCUT2D eigenvalue weighted by molar-refractivity contribution is 0.102. The highest BCUT2D eigenvalue weighted by Crippen LogP contribution is 2.28. The molecular formula is C26H35NO5S. The Balaban J connectivity index is 1.89. The van der Waals surface area contributed by atoms with E-state index in [9.17, 15) is 8.42 Å². The number of hydrogen-bond acceptors (Lipinski definition) is 5. The Labute approximate surface area is 198 Å². The van der Waals surface area contributed by atoms with Gasteiger partial charge in [-0.25, -0.2) is 8.42 Å². The molecule has 2 aromatic carbocycles. The van der Waals surface area contributed by atoms with Crippen LogP contribution < -0.4 is 9.47 Å². The summed E-state index contributed by atoms with van der Waals surface area (Å²) in [5.74, 6) is 1.48. The molecule has 2 atom stereocenters. The van der Waals surface area contributed by atoms with Crippen molar-refractivity contribution < 1.29 is 22.6 Å². The minimum absolute atomic E-state index is 0.00147. The Morgan fingerprint density at radius 3 is 2.00 bits per heavy atom. The fourth-order valence-corrected chi connectivity index (χ4v) is 6.10. The van der Waals surface area contributed by atoms with Crippen LogP contribution in [0.5, 0.6) is 11.5 Å². The van der Waals surface area contributed by atoms with E-state index in [4.69, 9.17) is 14.2 Å². The van der Waals surface area contributed by atoms with E-state index in [0.717, 1.165) is 35.5 Å². The van der Waals surface area contributed by atoms with Gasteiger partial charge in [-0.3, -0.25) is 0 Å². The van der Waals surface area contributed by atoms with Crippen molar-refractivity contribution in [2.75, 3.05) is 20.8 Å². The van der Waals surface area contributed by atoms with E-state index in [0.29, 0.717) is 25.9 Å². The van der Waals surface area contributed by atoms with E-state index in [2.05, 4.69) is 6.58 Å². The van der Waals surface area contributed by atoms with Gasteiger partial charge in [-0.1, -0.05) is 30.3 Å². The first kappa shape index (κ1) is 25.3. The molecule has 3 rings (SSSR count). The molecular weight excluding hydrogens is 438 g/mol. The van der Waals surface area contributed by atoms with Crippen LogP contribution in [0.3, 0.4) is 0 Å². The number of methoxy groups -OCH3 is 2. The molecule has 0 amide bonds. The fraction of sp³-hybridized carbons (Fsp3) is 0.462. The number of hydrogen-bond donors (Lipinski definition) is 0. The summed E-state index contributed by atoms with van der Waals surface area (Å²) in [6.07, 6.45) is 5.38. The van der Waals surface area contributed by atoms with Crippen LogP contribution in [0.1, 0.15) is 43.2 Å². The van der Waals surface area contributed by atoms with E-state index in [1.54, 1.807) is 24.6 Å². The van der Waals surface area contributed by atoms with Gasteiger partial charge in [0.2, 0.25) is 10.0 Å². The molecule has 2 aromatic rings. The molecule has 1 aliphatic heterocycles. The molecule has 0 aliphatic carbocycles. The zero-order chi connectivity index (χ0) is 23.7. The second kappa shape index (κ2) is 12.2. The van der Waals surface area contributed by atoms with Crippen molar-refractivity contribution in [1.29, 1.82) is 0 Å². The molecule has 0 saturated carbocycles. The molecule has 0 radical (unpaired) electrons. The van der Waals surface area contributed by atoms with E-state index in [1.165, 1.54) is 0 Å². The average molecular weight is 474 g/mol. The highest BCUT2D eigenvalue weighted by Gasteiger charge is 2.34. The van der Waals surface area contributed by atoms with Crippen molar-refractivity contribution in [3.63, 3.8) is 0 Å². The summed E-state index contributed by atoms with van der Waals surface area (Å²) in [5, 5.41) is -0.518. The quantitative estimate of drug-likeness (QED) is 0.386. The zero-order valence-corrected chi connectivity index (χ0v) is 20.4. The van der Waals surface area contributed by atoms with E-state index in [1.807, 2.05) is 48.5 Å². The van der Waals surface area contributed by atoms with Gasteiger partial charge in [0.1, 0.15) is 11.5 Å². The van der Waals surface area contributed by atoms with Gasteiger partial charge in [0.05, 0.1) is 25.6 Å². The molecule has 0 spiro atoms. The predicted molar refractivity (Wildman–Crippen MR) is 131 cm³/mol. The van der Waals surface area contributed by atoms with Crippen LogP contribution in [0.2, 0.25) is 0 Å². The molecule has 1 saturated heterocycles. The van der Waals surface area contributed by atoms with Crippen LogP contribution in [0.15, 0.2) is 61.2 Å². The molecule has 0 N–H and O–H groups in total.